The maximum atomic E-state index is 13.2. The van der Waals surface area contributed by atoms with E-state index in [2.05, 4.69) is 36.9 Å². The summed E-state index contributed by atoms with van der Waals surface area (Å²) in [6.45, 7) is 0. The number of alkyl halides is 3. The number of hydrogen-bond acceptors (Lipinski definition) is 5. The van der Waals surface area contributed by atoms with Gasteiger partial charge in [0.15, 0.2) is 5.69 Å². The van der Waals surface area contributed by atoms with Gasteiger partial charge >= 0.3 is 6.18 Å². The third-order valence-electron chi connectivity index (χ3n) is 3.01. The number of nitrogens with one attached hydrogen (secondary N) is 2. The zero-order valence-corrected chi connectivity index (χ0v) is 14.6. The average Bonchev–Trinajstić information content (AvgIpc) is 3.22. The minimum absolute atomic E-state index is 0.227. The van der Waals surface area contributed by atoms with Gasteiger partial charge in [-0.3, -0.25) is 15.6 Å². The Morgan fingerprint density at radius 3 is 2.56 bits per heavy atom. The normalized spacial score (nSPS) is 11.4. The number of benzene rings is 1. The molecule has 0 radical (unpaired) electrons. The molecule has 25 heavy (non-hydrogen) atoms. The van der Waals surface area contributed by atoms with E-state index in [1.807, 2.05) is 0 Å². The number of amides is 1. The van der Waals surface area contributed by atoms with Crippen LogP contribution in [0.5, 0.6) is 0 Å². The molecule has 2 N–H and O–H groups in total. The monoisotopic (exact) mass is 431 g/mol. The Morgan fingerprint density at radius 1 is 1.24 bits per heavy atom. The van der Waals surface area contributed by atoms with Crippen molar-refractivity contribution in [2.75, 3.05) is 5.43 Å². The molecule has 0 aliphatic heterocycles. The number of halogens is 4. The highest BCUT2D eigenvalue weighted by atomic mass is 79.9. The molecular formula is C14H9BrF3N5OS. The van der Waals surface area contributed by atoms with Gasteiger partial charge in [-0.15, -0.1) is 11.3 Å². The molecule has 0 aliphatic carbocycles. The van der Waals surface area contributed by atoms with Gasteiger partial charge in [0.05, 0.1) is 11.3 Å². The van der Waals surface area contributed by atoms with Gasteiger partial charge < -0.3 is 0 Å². The maximum absolute atomic E-state index is 13.2. The predicted octanol–water partition coefficient (Wildman–Crippen LogP) is 3.87. The second-order valence-electron chi connectivity index (χ2n) is 4.73. The Hall–Kier alpha value is -2.40. The van der Waals surface area contributed by atoms with E-state index in [1.54, 1.807) is 29.6 Å². The Kier molecular flexibility index (Phi) is 4.77. The summed E-state index contributed by atoms with van der Waals surface area (Å²) in [5.41, 5.74) is 3.41. The third-order valence-corrected chi connectivity index (χ3v) is 4.30. The second-order valence-corrected chi connectivity index (χ2v) is 6.52. The number of hydrazine groups is 1. The smallest absolute Gasteiger partial charge is 0.298 e. The van der Waals surface area contributed by atoms with Crippen LogP contribution < -0.4 is 10.9 Å². The van der Waals surface area contributed by atoms with Crippen LogP contribution in [0, 0.1) is 0 Å². The van der Waals surface area contributed by atoms with Crippen molar-refractivity contribution in [3.63, 3.8) is 0 Å². The van der Waals surface area contributed by atoms with Gasteiger partial charge in [0, 0.05) is 22.2 Å². The van der Waals surface area contributed by atoms with E-state index in [4.69, 9.17) is 0 Å². The fourth-order valence-corrected chi connectivity index (χ4v) is 2.74. The molecule has 3 rings (SSSR count). The van der Waals surface area contributed by atoms with Crippen molar-refractivity contribution in [3.8, 4) is 5.13 Å². The van der Waals surface area contributed by atoms with Gasteiger partial charge in [-0.1, -0.05) is 15.9 Å². The Morgan fingerprint density at radius 2 is 1.96 bits per heavy atom. The highest BCUT2D eigenvalue weighted by molar-refractivity contribution is 9.10. The van der Waals surface area contributed by atoms with Crippen LogP contribution in [0.4, 0.5) is 18.9 Å². The van der Waals surface area contributed by atoms with Crippen LogP contribution in [-0.4, -0.2) is 20.7 Å². The fraction of sp³-hybridized carbons (Fsp3) is 0.0714. The van der Waals surface area contributed by atoms with E-state index in [1.165, 1.54) is 6.20 Å². The lowest BCUT2D eigenvalue weighted by atomic mass is 10.2. The van der Waals surface area contributed by atoms with E-state index in [-0.39, 0.29) is 5.13 Å². The molecule has 6 nitrogen and oxygen atoms in total. The molecule has 0 spiro atoms. The molecule has 1 amide bonds. The molecule has 0 aliphatic rings. The Bertz CT molecular complexity index is 877. The lowest BCUT2D eigenvalue weighted by molar-refractivity contribution is -0.141. The van der Waals surface area contributed by atoms with Crippen molar-refractivity contribution < 1.29 is 18.0 Å². The second kappa shape index (κ2) is 6.84. The van der Waals surface area contributed by atoms with Crippen LogP contribution in [0.3, 0.4) is 0 Å². The van der Waals surface area contributed by atoms with Crippen LogP contribution in [0.15, 0.2) is 46.5 Å². The van der Waals surface area contributed by atoms with E-state index in [0.29, 0.717) is 5.69 Å². The van der Waals surface area contributed by atoms with Crippen LogP contribution in [0.2, 0.25) is 0 Å². The zero-order valence-electron chi connectivity index (χ0n) is 12.2. The zero-order chi connectivity index (χ0) is 18.0. The summed E-state index contributed by atoms with van der Waals surface area (Å²) in [5, 5.41) is 5.28. The first kappa shape index (κ1) is 17.4. The van der Waals surface area contributed by atoms with Crippen molar-refractivity contribution >= 4 is 38.9 Å². The number of rotatable bonds is 4. The number of carbonyl (C=O) groups is 1. The van der Waals surface area contributed by atoms with Crippen LogP contribution >= 0.6 is 27.3 Å². The van der Waals surface area contributed by atoms with Crippen LogP contribution in [0.1, 0.15) is 16.1 Å². The largest absolute Gasteiger partial charge is 0.435 e. The number of carbonyl (C=O) groups excluding carboxylic acids is 1. The van der Waals surface area contributed by atoms with Crippen LogP contribution in [-0.2, 0) is 6.18 Å². The molecule has 0 saturated carbocycles. The highest BCUT2D eigenvalue weighted by Crippen LogP contribution is 2.31. The summed E-state index contributed by atoms with van der Waals surface area (Å²) in [7, 11) is 0. The van der Waals surface area contributed by atoms with Crippen molar-refractivity contribution in [3.05, 3.63) is 57.8 Å². The first-order valence-corrected chi connectivity index (χ1v) is 8.40. The van der Waals surface area contributed by atoms with Crippen LogP contribution in [0.25, 0.3) is 5.13 Å². The Labute approximate surface area is 151 Å². The van der Waals surface area contributed by atoms with Gasteiger partial charge in [-0.25, -0.2) is 9.67 Å². The minimum Gasteiger partial charge on any atom is -0.298 e. The number of aromatic nitrogens is 3. The lowest BCUT2D eigenvalue weighted by Crippen LogP contribution is -2.30. The molecule has 130 valence electrons. The molecule has 3 aromatic rings. The highest BCUT2D eigenvalue weighted by Gasteiger charge is 2.39. The molecule has 0 atom stereocenters. The van der Waals surface area contributed by atoms with Crippen molar-refractivity contribution in [1.29, 1.82) is 0 Å². The van der Waals surface area contributed by atoms with Gasteiger partial charge in [-0.2, -0.15) is 18.3 Å². The Balaban J connectivity index is 1.84. The molecule has 0 saturated heterocycles. The fourth-order valence-electron chi connectivity index (χ4n) is 1.91. The van der Waals surface area contributed by atoms with E-state index >= 15 is 0 Å². The molecule has 1 aromatic carbocycles. The van der Waals surface area contributed by atoms with Gasteiger partial charge in [0.25, 0.3) is 5.91 Å². The third kappa shape index (κ3) is 3.99. The lowest BCUT2D eigenvalue weighted by Gasteiger charge is -2.09. The molecule has 0 bridgehead atoms. The average molecular weight is 432 g/mol. The molecule has 2 heterocycles. The van der Waals surface area contributed by atoms with Crippen molar-refractivity contribution in [2.45, 2.75) is 6.18 Å². The summed E-state index contributed by atoms with van der Waals surface area (Å²) in [6, 6.07) is 6.73. The number of hydrogen-bond donors (Lipinski definition) is 2. The van der Waals surface area contributed by atoms with Gasteiger partial charge in [-0.05, 0) is 24.3 Å². The summed E-state index contributed by atoms with van der Waals surface area (Å²) in [5.74, 6) is -0.960. The van der Waals surface area contributed by atoms with E-state index in [9.17, 15) is 18.0 Å². The summed E-state index contributed by atoms with van der Waals surface area (Å²) < 4.78 is 41.3. The summed E-state index contributed by atoms with van der Waals surface area (Å²) in [6.07, 6.45) is -2.34. The van der Waals surface area contributed by atoms with Gasteiger partial charge in [0.1, 0.15) is 0 Å². The minimum atomic E-state index is -4.77. The maximum Gasteiger partial charge on any atom is 0.435 e. The molecule has 0 unspecified atom stereocenters. The summed E-state index contributed by atoms with van der Waals surface area (Å²) >= 11 is 4.36. The number of thiazole rings is 1. The molecular weight excluding hydrogens is 423 g/mol. The number of nitrogens with zero attached hydrogens (tertiary/aromatic N) is 3. The number of anilines is 1. The SMILES string of the molecule is O=C(NNc1ccc(Br)cc1)c1cn(-c2nccs2)nc1C(F)(F)F. The standard InChI is InChI=1S/C14H9BrF3N5OS/c15-8-1-3-9(4-2-8)20-21-12(24)10-7-23(13-19-5-6-25-13)22-11(10)14(16,17)18/h1-7,20H,(H,21,24). The quantitative estimate of drug-likeness (QED) is 0.615. The van der Waals surface area contributed by atoms with E-state index in [0.717, 1.165) is 26.7 Å². The molecule has 0 fully saturated rings. The first-order chi connectivity index (χ1) is 11.8. The van der Waals surface area contributed by atoms with Gasteiger partial charge in [0.2, 0.25) is 5.13 Å². The molecule has 2 aromatic heterocycles. The first-order valence-electron chi connectivity index (χ1n) is 6.73. The summed E-state index contributed by atoms with van der Waals surface area (Å²) in [4.78, 5) is 16.1. The topological polar surface area (TPSA) is 71.8 Å². The molecule has 11 heteroatoms. The van der Waals surface area contributed by atoms with E-state index < -0.39 is 23.3 Å². The van der Waals surface area contributed by atoms with Crippen molar-refractivity contribution in [1.82, 2.24) is 20.2 Å². The van der Waals surface area contributed by atoms with Crippen molar-refractivity contribution in [2.24, 2.45) is 0 Å². The predicted molar refractivity (Wildman–Crippen MR) is 89.5 cm³/mol.